The second kappa shape index (κ2) is 5.78. The minimum absolute atomic E-state index is 0.178. The maximum Gasteiger partial charge on any atom is 0.0754 e. The van der Waals surface area contributed by atoms with Crippen molar-refractivity contribution in [3.8, 4) is 0 Å². The molecule has 0 bridgehead atoms. The summed E-state index contributed by atoms with van der Waals surface area (Å²) in [4.78, 5) is 4.61. The van der Waals surface area contributed by atoms with Gasteiger partial charge >= 0.3 is 0 Å². The lowest BCUT2D eigenvalue weighted by atomic mass is 9.99. The van der Waals surface area contributed by atoms with Gasteiger partial charge in [0.05, 0.1) is 11.7 Å². The van der Waals surface area contributed by atoms with E-state index in [0.29, 0.717) is 0 Å². The lowest BCUT2D eigenvalue weighted by Crippen LogP contribution is -2.23. The molecule has 0 saturated carbocycles. The van der Waals surface area contributed by atoms with E-state index in [1.165, 1.54) is 16.7 Å². The van der Waals surface area contributed by atoms with E-state index in [9.17, 15) is 0 Å². The quantitative estimate of drug-likeness (QED) is 0.886. The zero-order valence-electron chi connectivity index (χ0n) is 11.3. The highest BCUT2D eigenvalue weighted by atomic mass is 14.9. The summed E-state index contributed by atoms with van der Waals surface area (Å²) >= 11 is 0. The van der Waals surface area contributed by atoms with Crippen LogP contribution in [0.5, 0.6) is 0 Å². The smallest absolute Gasteiger partial charge is 0.0754 e. The molecule has 2 nitrogen and oxygen atoms in total. The first-order chi connectivity index (χ1) is 8.72. The summed E-state index contributed by atoms with van der Waals surface area (Å²) < 4.78 is 0. The van der Waals surface area contributed by atoms with Crippen LogP contribution in [-0.4, -0.2) is 11.5 Å². The molecule has 0 aliphatic heterocycles. The molecule has 1 aromatic carbocycles. The van der Waals surface area contributed by atoms with Gasteiger partial charge in [-0.25, -0.2) is 0 Å². The van der Waals surface area contributed by atoms with E-state index >= 15 is 0 Å². The lowest BCUT2D eigenvalue weighted by Gasteiger charge is -2.20. The zero-order chi connectivity index (χ0) is 13.0. The molecular weight excluding hydrogens is 220 g/mol. The zero-order valence-corrected chi connectivity index (χ0v) is 11.3. The third kappa shape index (κ3) is 2.77. The van der Waals surface area contributed by atoms with E-state index in [1.807, 2.05) is 12.3 Å². The van der Waals surface area contributed by atoms with Crippen molar-refractivity contribution in [2.45, 2.75) is 26.8 Å². The largest absolute Gasteiger partial charge is 0.305 e. The van der Waals surface area contributed by atoms with Gasteiger partial charge in [0.15, 0.2) is 0 Å². The van der Waals surface area contributed by atoms with Crippen LogP contribution < -0.4 is 5.32 Å². The topological polar surface area (TPSA) is 24.9 Å². The molecule has 0 radical (unpaired) electrons. The number of rotatable bonds is 4. The lowest BCUT2D eigenvalue weighted by molar-refractivity contribution is 0.611. The number of aromatic nitrogens is 1. The molecule has 0 aliphatic rings. The molecule has 1 heterocycles. The highest BCUT2D eigenvalue weighted by molar-refractivity contribution is 5.33. The Balaban J connectivity index is 2.41. The van der Waals surface area contributed by atoms with Gasteiger partial charge in [0, 0.05) is 6.20 Å². The second-order valence-corrected chi connectivity index (χ2v) is 4.62. The monoisotopic (exact) mass is 240 g/mol. The molecule has 0 aliphatic carbocycles. The number of hydrogen-bond acceptors (Lipinski definition) is 2. The fourth-order valence-electron chi connectivity index (χ4n) is 2.25. The van der Waals surface area contributed by atoms with Crippen molar-refractivity contribution in [1.82, 2.24) is 10.3 Å². The van der Waals surface area contributed by atoms with Gasteiger partial charge in [-0.15, -0.1) is 0 Å². The number of benzene rings is 1. The fourth-order valence-corrected chi connectivity index (χ4v) is 2.25. The van der Waals surface area contributed by atoms with Crippen LogP contribution in [0.1, 0.15) is 35.3 Å². The Morgan fingerprint density at radius 1 is 1.17 bits per heavy atom. The SMILES string of the molecule is CCNC(c1ccccc1)c1ncc(C)cc1C. The van der Waals surface area contributed by atoms with Gasteiger partial charge in [-0.2, -0.15) is 0 Å². The predicted octanol–water partition coefficient (Wildman–Crippen LogP) is 3.40. The Morgan fingerprint density at radius 2 is 1.89 bits per heavy atom. The standard InChI is InChI=1S/C16H20N2/c1-4-17-16(14-8-6-5-7-9-14)15-13(3)10-12(2)11-18-15/h5-11,16-17H,4H2,1-3H3. The Morgan fingerprint density at radius 3 is 2.50 bits per heavy atom. The van der Waals surface area contributed by atoms with Crippen molar-refractivity contribution in [2.24, 2.45) is 0 Å². The molecular formula is C16H20N2. The van der Waals surface area contributed by atoms with Gasteiger partial charge < -0.3 is 5.32 Å². The summed E-state index contributed by atoms with van der Waals surface area (Å²) in [5.74, 6) is 0. The van der Waals surface area contributed by atoms with Crippen molar-refractivity contribution < 1.29 is 0 Å². The van der Waals surface area contributed by atoms with E-state index in [-0.39, 0.29) is 6.04 Å². The molecule has 1 unspecified atom stereocenters. The van der Waals surface area contributed by atoms with E-state index in [0.717, 1.165) is 12.2 Å². The summed E-state index contributed by atoms with van der Waals surface area (Å²) in [6.45, 7) is 7.26. The Kier molecular flexibility index (Phi) is 4.11. The summed E-state index contributed by atoms with van der Waals surface area (Å²) in [5, 5.41) is 3.51. The minimum atomic E-state index is 0.178. The Bertz CT molecular complexity index is 506. The predicted molar refractivity (Wildman–Crippen MR) is 75.7 cm³/mol. The van der Waals surface area contributed by atoms with Crippen molar-refractivity contribution in [3.63, 3.8) is 0 Å². The number of nitrogens with zero attached hydrogens (tertiary/aromatic N) is 1. The van der Waals surface area contributed by atoms with Gasteiger partial charge in [-0.3, -0.25) is 4.98 Å². The van der Waals surface area contributed by atoms with Gasteiger partial charge in [0.25, 0.3) is 0 Å². The maximum absolute atomic E-state index is 4.61. The number of pyridine rings is 1. The van der Waals surface area contributed by atoms with E-state index < -0.39 is 0 Å². The first kappa shape index (κ1) is 12.8. The summed E-state index contributed by atoms with van der Waals surface area (Å²) in [6, 6.07) is 12.9. The average Bonchev–Trinajstić information content (AvgIpc) is 2.38. The molecule has 94 valence electrons. The normalized spacial score (nSPS) is 12.4. The first-order valence-electron chi connectivity index (χ1n) is 6.44. The molecule has 0 spiro atoms. The van der Waals surface area contributed by atoms with Gasteiger partial charge in [0.1, 0.15) is 0 Å². The van der Waals surface area contributed by atoms with Crippen LogP contribution in [0.4, 0.5) is 0 Å². The van der Waals surface area contributed by atoms with Crippen LogP contribution in [-0.2, 0) is 0 Å². The summed E-state index contributed by atoms with van der Waals surface area (Å²) in [7, 11) is 0. The molecule has 1 N–H and O–H groups in total. The highest BCUT2D eigenvalue weighted by Gasteiger charge is 2.16. The average molecular weight is 240 g/mol. The van der Waals surface area contributed by atoms with Gasteiger partial charge in [-0.05, 0) is 37.1 Å². The maximum atomic E-state index is 4.61. The molecule has 2 heteroatoms. The number of aryl methyl sites for hydroxylation is 2. The molecule has 1 aromatic heterocycles. The van der Waals surface area contributed by atoms with Crippen LogP contribution in [0, 0.1) is 13.8 Å². The van der Waals surface area contributed by atoms with Crippen molar-refractivity contribution in [2.75, 3.05) is 6.54 Å². The van der Waals surface area contributed by atoms with Crippen LogP contribution in [0.25, 0.3) is 0 Å². The molecule has 2 aromatic rings. The van der Waals surface area contributed by atoms with Gasteiger partial charge in [-0.1, -0.05) is 43.3 Å². The van der Waals surface area contributed by atoms with Gasteiger partial charge in [0.2, 0.25) is 0 Å². The van der Waals surface area contributed by atoms with E-state index in [4.69, 9.17) is 0 Å². The molecule has 0 amide bonds. The van der Waals surface area contributed by atoms with Crippen LogP contribution >= 0.6 is 0 Å². The second-order valence-electron chi connectivity index (χ2n) is 4.62. The van der Waals surface area contributed by atoms with Crippen LogP contribution in [0.15, 0.2) is 42.6 Å². The Hall–Kier alpha value is -1.67. The van der Waals surface area contributed by atoms with Crippen molar-refractivity contribution in [3.05, 3.63) is 65.0 Å². The Labute approximate surface area is 109 Å². The molecule has 2 rings (SSSR count). The van der Waals surface area contributed by atoms with Crippen molar-refractivity contribution >= 4 is 0 Å². The highest BCUT2D eigenvalue weighted by Crippen LogP contribution is 2.23. The summed E-state index contributed by atoms with van der Waals surface area (Å²) in [5.41, 5.74) is 4.83. The van der Waals surface area contributed by atoms with E-state index in [2.05, 4.69) is 61.4 Å². The minimum Gasteiger partial charge on any atom is -0.305 e. The van der Waals surface area contributed by atoms with Crippen molar-refractivity contribution in [1.29, 1.82) is 0 Å². The molecule has 1 atom stereocenters. The van der Waals surface area contributed by atoms with Crippen LogP contribution in [0.2, 0.25) is 0 Å². The van der Waals surface area contributed by atoms with Crippen LogP contribution in [0.3, 0.4) is 0 Å². The summed E-state index contributed by atoms with van der Waals surface area (Å²) in [6.07, 6.45) is 1.94. The molecule has 0 fully saturated rings. The third-order valence-corrected chi connectivity index (χ3v) is 3.07. The molecule has 0 saturated heterocycles. The fraction of sp³-hybridized carbons (Fsp3) is 0.312. The first-order valence-corrected chi connectivity index (χ1v) is 6.44. The third-order valence-electron chi connectivity index (χ3n) is 3.07. The number of nitrogens with one attached hydrogen (secondary N) is 1. The molecule has 18 heavy (non-hydrogen) atoms. The van der Waals surface area contributed by atoms with E-state index in [1.54, 1.807) is 0 Å². The number of hydrogen-bond donors (Lipinski definition) is 1.